The molecular formula is C12H21N3O2. The van der Waals surface area contributed by atoms with Gasteiger partial charge in [-0.15, -0.1) is 0 Å². The Morgan fingerprint density at radius 1 is 1.47 bits per heavy atom. The first-order chi connectivity index (χ1) is 8.26. The van der Waals surface area contributed by atoms with Gasteiger partial charge in [-0.05, 0) is 19.4 Å². The average molecular weight is 239 g/mol. The van der Waals surface area contributed by atoms with Gasteiger partial charge in [0.05, 0.1) is 12.7 Å². The van der Waals surface area contributed by atoms with E-state index in [-0.39, 0.29) is 0 Å². The Balaban J connectivity index is 2.33. The summed E-state index contributed by atoms with van der Waals surface area (Å²) in [4.78, 5) is 4.18. The van der Waals surface area contributed by atoms with Crippen molar-refractivity contribution in [2.75, 3.05) is 37.4 Å². The molecule has 1 heterocycles. The van der Waals surface area contributed by atoms with Crippen molar-refractivity contribution in [3.8, 4) is 0 Å². The minimum Gasteiger partial charge on any atom is -0.391 e. The van der Waals surface area contributed by atoms with Crippen molar-refractivity contribution in [3.63, 3.8) is 0 Å². The fourth-order valence-electron chi connectivity index (χ4n) is 1.48. The zero-order chi connectivity index (χ0) is 12.5. The Labute approximate surface area is 102 Å². The molecule has 0 aliphatic rings. The number of hydrogen-bond donors (Lipinski definition) is 3. The van der Waals surface area contributed by atoms with Gasteiger partial charge in [-0.25, -0.2) is 4.98 Å². The number of rotatable bonds is 8. The second-order valence-corrected chi connectivity index (χ2v) is 3.78. The molecule has 0 aliphatic carbocycles. The molecule has 0 spiro atoms. The van der Waals surface area contributed by atoms with E-state index < -0.39 is 6.10 Å². The van der Waals surface area contributed by atoms with Crippen LogP contribution in [0.4, 0.5) is 11.5 Å². The van der Waals surface area contributed by atoms with Crippen LogP contribution in [0.2, 0.25) is 0 Å². The summed E-state index contributed by atoms with van der Waals surface area (Å²) in [5.41, 5.74) is 1.00. The highest BCUT2D eigenvalue weighted by Gasteiger charge is 2.02. The number of anilines is 2. The predicted octanol–water partition coefficient (Wildman–Crippen LogP) is 1.32. The van der Waals surface area contributed by atoms with Gasteiger partial charge in [0.1, 0.15) is 5.82 Å². The van der Waals surface area contributed by atoms with E-state index in [1.54, 1.807) is 13.3 Å². The molecular weight excluding hydrogens is 218 g/mol. The van der Waals surface area contributed by atoms with Gasteiger partial charge in [0, 0.05) is 38.1 Å². The second-order valence-electron chi connectivity index (χ2n) is 3.78. The van der Waals surface area contributed by atoms with E-state index in [1.165, 1.54) is 0 Å². The number of aromatic nitrogens is 1. The molecule has 17 heavy (non-hydrogen) atoms. The second kappa shape index (κ2) is 7.86. The highest BCUT2D eigenvalue weighted by Crippen LogP contribution is 2.11. The van der Waals surface area contributed by atoms with Crippen molar-refractivity contribution < 1.29 is 9.84 Å². The standard InChI is InChI=1S/C12H21N3O2/c1-3-13-12-8-10(4-6-15-12)14-7-5-11(16)9-17-2/h4,6,8,11,16H,3,5,7,9H2,1-2H3,(H2,13,14,15). The molecule has 0 radical (unpaired) electrons. The van der Waals surface area contributed by atoms with Gasteiger partial charge < -0.3 is 20.5 Å². The minimum absolute atomic E-state index is 0.376. The maximum Gasteiger partial charge on any atom is 0.127 e. The molecule has 0 aliphatic heterocycles. The van der Waals surface area contributed by atoms with Crippen molar-refractivity contribution in [2.45, 2.75) is 19.4 Å². The summed E-state index contributed by atoms with van der Waals surface area (Å²) in [7, 11) is 1.59. The van der Waals surface area contributed by atoms with Crippen molar-refractivity contribution in [1.29, 1.82) is 0 Å². The first kappa shape index (κ1) is 13.7. The van der Waals surface area contributed by atoms with Crippen molar-refractivity contribution in [1.82, 2.24) is 4.98 Å². The summed E-state index contributed by atoms with van der Waals surface area (Å²) < 4.78 is 4.86. The largest absolute Gasteiger partial charge is 0.391 e. The highest BCUT2D eigenvalue weighted by molar-refractivity contribution is 5.51. The third-order valence-electron chi connectivity index (χ3n) is 2.28. The SMILES string of the molecule is CCNc1cc(NCCC(O)COC)ccn1. The highest BCUT2D eigenvalue weighted by atomic mass is 16.5. The zero-order valence-corrected chi connectivity index (χ0v) is 10.4. The van der Waals surface area contributed by atoms with Crippen molar-refractivity contribution in [2.24, 2.45) is 0 Å². The zero-order valence-electron chi connectivity index (χ0n) is 10.4. The Morgan fingerprint density at radius 3 is 3.00 bits per heavy atom. The molecule has 0 amide bonds. The third-order valence-corrected chi connectivity index (χ3v) is 2.28. The topological polar surface area (TPSA) is 66.4 Å². The third kappa shape index (κ3) is 5.51. The van der Waals surface area contributed by atoms with E-state index in [4.69, 9.17) is 4.74 Å². The quantitative estimate of drug-likeness (QED) is 0.638. The van der Waals surface area contributed by atoms with Crippen LogP contribution in [0.1, 0.15) is 13.3 Å². The van der Waals surface area contributed by atoms with Gasteiger partial charge in [0.15, 0.2) is 0 Å². The molecule has 1 aromatic rings. The first-order valence-electron chi connectivity index (χ1n) is 5.87. The summed E-state index contributed by atoms with van der Waals surface area (Å²) in [5, 5.41) is 15.9. The van der Waals surface area contributed by atoms with Gasteiger partial charge in [-0.3, -0.25) is 0 Å². The summed E-state index contributed by atoms with van der Waals surface area (Å²) in [5.74, 6) is 0.856. The molecule has 1 unspecified atom stereocenters. The van der Waals surface area contributed by atoms with Crippen LogP contribution < -0.4 is 10.6 Å². The molecule has 1 atom stereocenters. The Kier molecular flexibility index (Phi) is 6.35. The number of nitrogens with zero attached hydrogens (tertiary/aromatic N) is 1. The lowest BCUT2D eigenvalue weighted by molar-refractivity contribution is 0.0615. The monoisotopic (exact) mass is 239 g/mol. The minimum atomic E-state index is -0.414. The van der Waals surface area contributed by atoms with Crippen LogP contribution >= 0.6 is 0 Å². The number of aliphatic hydroxyl groups excluding tert-OH is 1. The van der Waals surface area contributed by atoms with E-state index in [0.29, 0.717) is 19.6 Å². The van der Waals surface area contributed by atoms with Gasteiger partial charge >= 0.3 is 0 Å². The van der Waals surface area contributed by atoms with Crippen LogP contribution in [0.15, 0.2) is 18.3 Å². The lowest BCUT2D eigenvalue weighted by Gasteiger charge is -2.11. The van der Waals surface area contributed by atoms with Crippen LogP contribution in [-0.2, 0) is 4.74 Å². The van der Waals surface area contributed by atoms with Crippen LogP contribution in [0.5, 0.6) is 0 Å². The molecule has 0 saturated heterocycles. The summed E-state index contributed by atoms with van der Waals surface area (Å²) in [6.45, 7) is 3.96. The summed E-state index contributed by atoms with van der Waals surface area (Å²) in [6, 6.07) is 3.86. The molecule has 0 bridgehead atoms. The van der Waals surface area contributed by atoms with E-state index in [1.807, 2.05) is 19.1 Å². The van der Waals surface area contributed by atoms with E-state index in [2.05, 4.69) is 15.6 Å². The summed E-state index contributed by atoms with van der Waals surface area (Å²) in [6.07, 6.45) is 2.00. The fourth-order valence-corrected chi connectivity index (χ4v) is 1.48. The lowest BCUT2D eigenvalue weighted by Crippen LogP contribution is -2.18. The molecule has 0 fully saturated rings. The van der Waals surface area contributed by atoms with Crippen LogP contribution in [0.25, 0.3) is 0 Å². The number of nitrogens with one attached hydrogen (secondary N) is 2. The van der Waals surface area contributed by atoms with Crippen molar-refractivity contribution in [3.05, 3.63) is 18.3 Å². The van der Waals surface area contributed by atoms with Crippen LogP contribution in [-0.4, -0.2) is 43.0 Å². The van der Waals surface area contributed by atoms with Crippen molar-refractivity contribution >= 4 is 11.5 Å². The fraction of sp³-hybridized carbons (Fsp3) is 0.583. The van der Waals surface area contributed by atoms with Gasteiger partial charge in [-0.1, -0.05) is 0 Å². The smallest absolute Gasteiger partial charge is 0.127 e. The molecule has 5 heteroatoms. The molecule has 0 saturated carbocycles. The number of pyridine rings is 1. The van der Waals surface area contributed by atoms with Crippen LogP contribution in [0.3, 0.4) is 0 Å². The first-order valence-corrected chi connectivity index (χ1v) is 5.87. The molecule has 1 aromatic heterocycles. The van der Waals surface area contributed by atoms with Gasteiger partial charge in [-0.2, -0.15) is 0 Å². The lowest BCUT2D eigenvalue weighted by atomic mass is 10.2. The normalized spacial score (nSPS) is 12.2. The number of methoxy groups -OCH3 is 1. The Hall–Kier alpha value is -1.33. The molecule has 1 rings (SSSR count). The van der Waals surface area contributed by atoms with E-state index >= 15 is 0 Å². The summed E-state index contributed by atoms with van der Waals surface area (Å²) >= 11 is 0. The number of hydrogen-bond acceptors (Lipinski definition) is 5. The maximum atomic E-state index is 9.48. The maximum absolute atomic E-state index is 9.48. The Bertz CT molecular complexity index is 320. The van der Waals surface area contributed by atoms with Crippen LogP contribution in [0, 0.1) is 0 Å². The number of aliphatic hydroxyl groups is 1. The molecule has 0 aromatic carbocycles. The van der Waals surface area contributed by atoms with Gasteiger partial charge in [0.25, 0.3) is 0 Å². The molecule has 3 N–H and O–H groups in total. The van der Waals surface area contributed by atoms with Gasteiger partial charge in [0.2, 0.25) is 0 Å². The molecule has 96 valence electrons. The average Bonchev–Trinajstić information content (AvgIpc) is 2.30. The number of ether oxygens (including phenoxy) is 1. The predicted molar refractivity (Wildman–Crippen MR) is 69.4 cm³/mol. The molecule has 5 nitrogen and oxygen atoms in total. The van der Waals surface area contributed by atoms with E-state index in [0.717, 1.165) is 18.1 Å². The van der Waals surface area contributed by atoms with E-state index in [9.17, 15) is 5.11 Å². The Morgan fingerprint density at radius 2 is 2.29 bits per heavy atom.